The molecule has 2 aliphatic heterocycles. The summed E-state index contributed by atoms with van der Waals surface area (Å²) in [7, 11) is 0. The molecule has 3 heteroatoms. The van der Waals surface area contributed by atoms with E-state index >= 15 is 0 Å². The van der Waals surface area contributed by atoms with Gasteiger partial charge in [0.05, 0.1) is 0 Å². The largest absolute Gasteiger partial charge is 0.508 e. The molecule has 0 saturated carbocycles. The van der Waals surface area contributed by atoms with Crippen LogP contribution in [0.1, 0.15) is 78.5 Å². The molecule has 0 radical (unpaired) electrons. The number of phenolic OH excluding ortho intramolecular Hbond substituents is 1. The Hall–Kier alpha value is -1.48. The van der Waals surface area contributed by atoms with Crippen molar-refractivity contribution in [2.24, 2.45) is 5.92 Å². The van der Waals surface area contributed by atoms with Gasteiger partial charge in [-0.05, 0) is 50.3 Å². The lowest BCUT2D eigenvalue weighted by atomic mass is 9.83. The van der Waals surface area contributed by atoms with Crippen molar-refractivity contribution < 1.29 is 9.52 Å². The van der Waals surface area contributed by atoms with Gasteiger partial charge in [0.25, 0.3) is 0 Å². The Morgan fingerprint density at radius 2 is 1.85 bits per heavy atom. The fourth-order valence-corrected chi connectivity index (χ4v) is 4.67. The summed E-state index contributed by atoms with van der Waals surface area (Å²) >= 11 is 0. The monoisotopic (exact) mass is 359 g/mol. The predicted molar refractivity (Wildman–Crippen MR) is 111 cm³/mol. The van der Waals surface area contributed by atoms with Crippen LogP contribution in [0.4, 0.5) is 0 Å². The molecule has 1 aromatic heterocycles. The van der Waals surface area contributed by atoms with Crippen LogP contribution in [0.15, 0.2) is 22.6 Å². The molecule has 1 aromatic carbocycles. The van der Waals surface area contributed by atoms with Crippen molar-refractivity contribution >= 4 is 11.0 Å². The van der Waals surface area contributed by atoms with Gasteiger partial charge in [0.1, 0.15) is 17.1 Å². The fraction of sp³-hybridized carbons (Fsp3) is 0.652. The molecule has 2 aromatic rings. The maximum atomic E-state index is 9.87. The predicted octanol–water partition coefficient (Wildman–Crippen LogP) is 6.34. The minimum Gasteiger partial charge on any atom is -0.508 e. The summed E-state index contributed by atoms with van der Waals surface area (Å²) in [5.74, 6) is 2.70. The van der Waals surface area contributed by atoms with E-state index in [1.807, 2.05) is 39.8 Å². The van der Waals surface area contributed by atoms with E-state index in [0.29, 0.717) is 29.7 Å². The number of furan rings is 1. The third kappa shape index (κ3) is 3.64. The molecular weight excluding hydrogens is 322 g/mol. The van der Waals surface area contributed by atoms with Gasteiger partial charge in [-0.1, -0.05) is 41.5 Å². The molecule has 0 aliphatic carbocycles. The van der Waals surface area contributed by atoms with Crippen LogP contribution in [-0.4, -0.2) is 28.6 Å². The number of aromatic hydroxyl groups is 1. The second-order valence-electron chi connectivity index (χ2n) is 7.28. The lowest BCUT2D eigenvalue weighted by Gasteiger charge is -2.43. The summed E-state index contributed by atoms with van der Waals surface area (Å²) in [5, 5.41) is 11.0. The van der Waals surface area contributed by atoms with E-state index in [1.54, 1.807) is 6.07 Å². The summed E-state index contributed by atoms with van der Waals surface area (Å²) in [6, 6.07) is 6.63. The van der Waals surface area contributed by atoms with Crippen molar-refractivity contribution in [2.45, 2.75) is 85.7 Å². The average molecular weight is 360 g/mol. The van der Waals surface area contributed by atoms with Gasteiger partial charge in [-0.15, -0.1) is 0 Å². The molecule has 3 nitrogen and oxygen atoms in total. The van der Waals surface area contributed by atoms with E-state index in [1.165, 1.54) is 24.3 Å². The smallest absolute Gasteiger partial charge is 0.134 e. The lowest BCUT2D eigenvalue weighted by molar-refractivity contribution is 0.0606. The quantitative estimate of drug-likeness (QED) is 0.645. The molecule has 4 unspecified atom stereocenters. The van der Waals surface area contributed by atoms with E-state index in [2.05, 4.69) is 25.7 Å². The molecular formula is C23H37NO2. The number of rotatable bonds is 1. The molecule has 2 bridgehead atoms. The summed E-state index contributed by atoms with van der Waals surface area (Å²) in [5.41, 5.74) is 2.27. The Bertz CT molecular complexity index is 706. The van der Waals surface area contributed by atoms with E-state index in [9.17, 15) is 5.11 Å². The second-order valence-corrected chi connectivity index (χ2v) is 7.28. The summed E-state index contributed by atoms with van der Waals surface area (Å²) in [6.07, 6.45) is 3.40. The van der Waals surface area contributed by atoms with Crippen molar-refractivity contribution in [2.75, 3.05) is 6.54 Å². The van der Waals surface area contributed by atoms with Gasteiger partial charge in [0.2, 0.25) is 0 Å². The zero-order valence-electron chi connectivity index (χ0n) is 17.7. The minimum atomic E-state index is 0.332. The van der Waals surface area contributed by atoms with Crippen molar-refractivity contribution in [3.05, 3.63) is 29.5 Å². The van der Waals surface area contributed by atoms with Gasteiger partial charge in [-0.2, -0.15) is 0 Å². The van der Waals surface area contributed by atoms with Crippen LogP contribution in [0.5, 0.6) is 5.75 Å². The van der Waals surface area contributed by atoms with E-state index in [-0.39, 0.29) is 0 Å². The topological polar surface area (TPSA) is 36.6 Å². The van der Waals surface area contributed by atoms with Crippen LogP contribution in [0.25, 0.3) is 11.0 Å². The fourth-order valence-electron chi connectivity index (χ4n) is 4.67. The first-order valence-corrected chi connectivity index (χ1v) is 10.6. The zero-order valence-corrected chi connectivity index (χ0v) is 17.7. The lowest BCUT2D eigenvalue weighted by Crippen LogP contribution is -2.49. The molecule has 2 aliphatic rings. The molecule has 0 spiro atoms. The molecule has 1 saturated heterocycles. The Balaban J connectivity index is 0.000000570. The maximum Gasteiger partial charge on any atom is 0.134 e. The molecule has 146 valence electrons. The normalized spacial score (nSPS) is 29.6. The first-order valence-electron chi connectivity index (χ1n) is 10.6. The number of hydrogen-bond donors (Lipinski definition) is 1. The SMILES string of the molecule is CC.CC.CCC1Cc2c(oc3ccc(O)cc23)C2C[C@H](C)CN1C2C. The van der Waals surface area contributed by atoms with Crippen LogP contribution in [0.3, 0.4) is 0 Å². The molecule has 0 amide bonds. The van der Waals surface area contributed by atoms with Crippen LogP contribution in [0, 0.1) is 5.92 Å². The van der Waals surface area contributed by atoms with Crippen molar-refractivity contribution in [1.29, 1.82) is 0 Å². The van der Waals surface area contributed by atoms with E-state index in [0.717, 1.165) is 23.8 Å². The Kier molecular flexibility index (Phi) is 7.16. The van der Waals surface area contributed by atoms with Gasteiger partial charge in [-0.3, -0.25) is 4.90 Å². The van der Waals surface area contributed by atoms with Gasteiger partial charge in [0, 0.05) is 35.5 Å². The van der Waals surface area contributed by atoms with Gasteiger partial charge < -0.3 is 9.52 Å². The highest BCUT2D eigenvalue weighted by Gasteiger charge is 2.42. The average Bonchev–Trinajstić information content (AvgIpc) is 2.99. The number of fused-ring (bicyclic) bond motifs is 6. The molecule has 1 N–H and O–H groups in total. The summed E-state index contributed by atoms with van der Waals surface area (Å²) in [6.45, 7) is 16.2. The first kappa shape index (κ1) is 20.8. The van der Waals surface area contributed by atoms with Crippen molar-refractivity contribution in [3.8, 4) is 5.75 Å². The van der Waals surface area contributed by atoms with Gasteiger partial charge in [-0.25, -0.2) is 0 Å². The molecule has 1 fully saturated rings. The highest BCUT2D eigenvalue weighted by molar-refractivity contribution is 5.84. The summed E-state index contributed by atoms with van der Waals surface area (Å²) < 4.78 is 6.29. The third-order valence-electron chi connectivity index (χ3n) is 5.81. The number of benzene rings is 1. The zero-order chi connectivity index (χ0) is 19.4. The van der Waals surface area contributed by atoms with Crippen LogP contribution < -0.4 is 0 Å². The third-order valence-corrected chi connectivity index (χ3v) is 5.81. The number of piperidine rings is 1. The van der Waals surface area contributed by atoms with Crippen LogP contribution in [-0.2, 0) is 6.42 Å². The number of nitrogens with zero attached hydrogens (tertiary/aromatic N) is 1. The number of hydrogen-bond acceptors (Lipinski definition) is 3. The highest BCUT2D eigenvalue weighted by Crippen LogP contribution is 2.45. The second kappa shape index (κ2) is 8.94. The van der Waals surface area contributed by atoms with Crippen LogP contribution in [0.2, 0.25) is 0 Å². The standard InChI is InChI=1S/C19H25NO2.2C2H6/c1-4-13-8-17-16-9-14(21)5-6-18(16)22-19(17)15-7-11(2)10-20(13)12(15)3;2*1-2/h5-6,9,11-13,15,21H,4,7-8,10H2,1-3H3;2*1-2H3/t11-,12?,13?,15?;;/m0../s1. The van der Waals surface area contributed by atoms with E-state index in [4.69, 9.17) is 4.42 Å². The van der Waals surface area contributed by atoms with E-state index < -0.39 is 0 Å². The number of phenols is 1. The van der Waals surface area contributed by atoms with Crippen molar-refractivity contribution in [1.82, 2.24) is 4.90 Å². The Morgan fingerprint density at radius 3 is 2.50 bits per heavy atom. The Labute approximate surface area is 159 Å². The Morgan fingerprint density at radius 1 is 1.15 bits per heavy atom. The molecule has 3 heterocycles. The minimum absolute atomic E-state index is 0.332. The van der Waals surface area contributed by atoms with Gasteiger partial charge in [0.15, 0.2) is 0 Å². The van der Waals surface area contributed by atoms with Crippen molar-refractivity contribution in [3.63, 3.8) is 0 Å². The molecule has 5 atom stereocenters. The van der Waals surface area contributed by atoms with Gasteiger partial charge >= 0.3 is 0 Å². The first-order chi connectivity index (χ1) is 12.6. The van der Waals surface area contributed by atoms with Crippen LogP contribution >= 0.6 is 0 Å². The maximum absolute atomic E-state index is 9.87. The highest BCUT2D eigenvalue weighted by atomic mass is 16.3. The molecule has 26 heavy (non-hydrogen) atoms. The summed E-state index contributed by atoms with van der Waals surface area (Å²) in [4.78, 5) is 2.70. The molecule has 4 rings (SSSR count).